The van der Waals surface area contributed by atoms with Crippen LogP contribution in [0.3, 0.4) is 0 Å². The third-order valence-corrected chi connectivity index (χ3v) is 7.41. The largest absolute Gasteiger partial charge is 0.381 e. The maximum Gasteiger partial charge on any atom is 0.322 e. The molecule has 0 bridgehead atoms. The summed E-state index contributed by atoms with van der Waals surface area (Å²) in [4.78, 5) is 31.8. The first-order chi connectivity index (χ1) is 16.6. The molecule has 1 aliphatic carbocycles. The summed E-state index contributed by atoms with van der Waals surface area (Å²) < 4.78 is 5.45. The summed E-state index contributed by atoms with van der Waals surface area (Å²) in [7, 11) is 1.76. The average molecular weight is 461 g/mol. The van der Waals surface area contributed by atoms with Gasteiger partial charge in [0.25, 0.3) is 0 Å². The molecule has 3 heterocycles. The minimum absolute atomic E-state index is 0.112. The number of carbonyl (C=O) groups excluding carboxylic acids is 2. The number of carbonyl (C=O) groups is 2. The molecule has 1 unspecified atom stereocenters. The van der Waals surface area contributed by atoms with Crippen molar-refractivity contribution in [3.63, 3.8) is 0 Å². The number of hydrogen-bond acceptors (Lipinski definition) is 5. The van der Waals surface area contributed by atoms with Crippen LogP contribution in [0.4, 0.5) is 10.5 Å². The third kappa shape index (κ3) is 4.91. The van der Waals surface area contributed by atoms with Crippen LogP contribution in [-0.4, -0.2) is 47.5 Å². The van der Waals surface area contributed by atoms with Crippen molar-refractivity contribution in [2.24, 2.45) is 5.92 Å². The Kier molecular flexibility index (Phi) is 6.74. The number of ether oxygens (including phenoxy) is 1. The SMILES string of the molecule is COC1CCC(C(=O)C2CC(c3ccc(NC(=O)N4Cc5ccncc5C4)cc3)=CCN2)CC1. The molecule has 1 fully saturated rings. The molecule has 1 aromatic carbocycles. The van der Waals surface area contributed by atoms with Gasteiger partial charge in [0.15, 0.2) is 5.78 Å². The van der Waals surface area contributed by atoms with Crippen LogP contribution < -0.4 is 10.6 Å². The van der Waals surface area contributed by atoms with Crippen LogP contribution in [0.1, 0.15) is 48.8 Å². The second-order valence-corrected chi connectivity index (χ2v) is 9.51. The van der Waals surface area contributed by atoms with E-state index in [2.05, 4.69) is 21.7 Å². The number of aromatic nitrogens is 1. The van der Waals surface area contributed by atoms with E-state index in [1.807, 2.05) is 36.5 Å². The molecule has 7 heteroatoms. The van der Waals surface area contributed by atoms with Gasteiger partial charge in [-0.2, -0.15) is 0 Å². The molecule has 7 nitrogen and oxygen atoms in total. The zero-order valence-electron chi connectivity index (χ0n) is 19.6. The molecule has 1 saturated carbocycles. The van der Waals surface area contributed by atoms with Crippen LogP contribution in [-0.2, 0) is 22.6 Å². The predicted molar refractivity (Wildman–Crippen MR) is 131 cm³/mol. The molecule has 2 aromatic rings. The first-order valence-corrected chi connectivity index (χ1v) is 12.2. The lowest BCUT2D eigenvalue weighted by molar-refractivity contribution is -0.126. The van der Waals surface area contributed by atoms with Crippen molar-refractivity contribution in [2.45, 2.75) is 57.3 Å². The van der Waals surface area contributed by atoms with E-state index < -0.39 is 0 Å². The Bertz CT molecular complexity index is 1050. The fraction of sp³-hybridized carbons (Fsp3) is 0.444. The van der Waals surface area contributed by atoms with Gasteiger partial charge >= 0.3 is 6.03 Å². The van der Waals surface area contributed by atoms with Gasteiger partial charge in [0.2, 0.25) is 0 Å². The number of ketones is 1. The van der Waals surface area contributed by atoms with Gasteiger partial charge in [0.05, 0.1) is 12.1 Å². The number of methoxy groups -OCH3 is 1. The Balaban J connectivity index is 1.16. The van der Waals surface area contributed by atoms with E-state index >= 15 is 0 Å². The van der Waals surface area contributed by atoms with Crippen molar-refractivity contribution < 1.29 is 14.3 Å². The van der Waals surface area contributed by atoms with Crippen molar-refractivity contribution in [3.05, 3.63) is 65.5 Å². The third-order valence-electron chi connectivity index (χ3n) is 7.41. The summed E-state index contributed by atoms with van der Waals surface area (Å²) in [6.07, 6.45) is 10.5. The van der Waals surface area contributed by atoms with E-state index in [1.165, 1.54) is 5.57 Å². The number of anilines is 1. The van der Waals surface area contributed by atoms with Crippen LogP contribution in [0, 0.1) is 5.92 Å². The second kappa shape index (κ2) is 10.1. The molecule has 2 aliphatic heterocycles. The van der Waals surface area contributed by atoms with E-state index in [1.54, 1.807) is 18.2 Å². The van der Waals surface area contributed by atoms with Gasteiger partial charge in [-0.05, 0) is 72.6 Å². The first kappa shape index (κ1) is 22.7. The van der Waals surface area contributed by atoms with Gasteiger partial charge < -0.3 is 20.3 Å². The minimum atomic E-state index is -0.130. The topological polar surface area (TPSA) is 83.6 Å². The molecule has 0 saturated heterocycles. The Labute approximate surface area is 200 Å². The van der Waals surface area contributed by atoms with Crippen molar-refractivity contribution in [1.82, 2.24) is 15.2 Å². The molecular weight excluding hydrogens is 428 g/mol. The molecule has 2 amide bonds. The quantitative estimate of drug-likeness (QED) is 0.700. The van der Waals surface area contributed by atoms with Gasteiger partial charge in [-0.1, -0.05) is 18.2 Å². The highest BCUT2D eigenvalue weighted by molar-refractivity contribution is 5.91. The number of nitrogens with one attached hydrogen (secondary N) is 2. The molecule has 34 heavy (non-hydrogen) atoms. The monoisotopic (exact) mass is 460 g/mol. The zero-order chi connectivity index (χ0) is 23.5. The zero-order valence-corrected chi connectivity index (χ0v) is 19.6. The number of nitrogens with zero attached hydrogens (tertiary/aromatic N) is 2. The van der Waals surface area contributed by atoms with Crippen LogP contribution in [0.5, 0.6) is 0 Å². The van der Waals surface area contributed by atoms with Gasteiger partial charge in [-0.3, -0.25) is 9.78 Å². The fourth-order valence-electron chi connectivity index (χ4n) is 5.34. The van der Waals surface area contributed by atoms with E-state index in [0.29, 0.717) is 37.9 Å². The average Bonchev–Trinajstić information content (AvgIpc) is 3.34. The number of fused-ring (bicyclic) bond motifs is 1. The fourth-order valence-corrected chi connectivity index (χ4v) is 5.34. The molecule has 1 aromatic heterocycles. The number of hydrogen-bond donors (Lipinski definition) is 2. The maximum atomic E-state index is 13.1. The number of pyridine rings is 1. The highest BCUT2D eigenvalue weighted by Gasteiger charge is 2.32. The minimum Gasteiger partial charge on any atom is -0.381 e. The van der Waals surface area contributed by atoms with E-state index in [0.717, 1.165) is 48.1 Å². The van der Waals surface area contributed by atoms with Gasteiger partial charge in [-0.25, -0.2) is 4.79 Å². The van der Waals surface area contributed by atoms with Gasteiger partial charge in [-0.15, -0.1) is 0 Å². The smallest absolute Gasteiger partial charge is 0.322 e. The van der Waals surface area contributed by atoms with E-state index in [4.69, 9.17) is 4.74 Å². The van der Waals surface area contributed by atoms with Crippen LogP contribution in [0.15, 0.2) is 48.8 Å². The van der Waals surface area contributed by atoms with Crippen molar-refractivity contribution in [2.75, 3.05) is 19.0 Å². The maximum absolute atomic E-state index is 13.1. The first-order valence-electron chi connectivity index (χ1n) is 12.2. The number of rotatable bonds is 5. The lowest BCUT2D eigenvalue weighted by Crippen LogP contribution is -2.43. The van der Waals surface area contributed by atoms with Crippen molar-refractivity contribution in [1.29, 1.82) is 0 Å². The van der Waals surface area contributed by atoms with Crippen LogP contribution in [0.2, 0.25) is 0 Å². The highest BCUT2D eigenvalue weighted by Crippen LogP contribution is 2.31. The summed E-state index contributed by atoms with van der Waals surface area (Å²) in [6, 6.07) is 9.65. The summed E-state index contributed by atoms with van der Waals surface area (Å²) in [5, 5.41) is 6.39. The predicted octanol–water partition coefficient (Wildman–Crippen LogP) is 4.15. The summed E-state index contributed by atoms with van der Waals surface area (Å²) >= 11 is 0. The number of amides is 2. The number of Topliss-reactive ketones (excluding diaryl/α,β-unsaturated/α-hetero) is 1. The van der Waals surface area contributed by atoms with Gasteiger partial charge in [0, 0.05) is 50.7 Å². The molecule has 2 N–H and O–H groups in total. The van der Waals surface area contributed by atoms with Crippen LogP contribution in [0.25, 0.3) is 5.57 Å². The molecule has 0 radical (unpaired) electrons. The molecule has 5 rings (SSSR count). The second-order valence-electron chi connectivity index (χ2n) is 9.51. The lowest BCUT2D eigenvalue weighted by atomic mass is 9.80. The van der Waals surface area contributed by atoms with E-state index in [9.17, 15) is 9.59 Å². The number of urea groups is 1. The van der Waals surface area contributed by atoms with Gasteiger partial charge in [0.1, 0.15) is 0 Å². The Morgan fingerprint density at radius 3 is 2.56 bits per heavy atom. The highest BCUT2D eigenvalue weighted by atomic mass is 16.5. The normalized spacial score (nSPS) is 24.3. The standard InChI is InChI=1S/C27H32N4O3/c1-34-24-8-4-19(5-9-24)26(32)25-14-20(11-13-29-25)18-2-6-23(7-3-18)30-27(33)31-16-21-10-12-28-15-22(21)17-31/h2-3,6-7,10-12,15,19,24-25,29H,4-5,8-9,13-14,16-17H2,1H3,(H,30,33). The Morgan fingerprint density at radius 2 is 1.82 bits per heavy atom. The molecule has 0 spiro atoms. The summed E-state index contributed by atoms with van der Waals surface area (Å²) in [5.74, 6) is 0.471. The Hall–Kier alpha value is -3.03. The van der Waals surface area contributed by atoms with Crippen molar-refractivity contribution >= 4 is 23.1 Å². The van der Waals surface area contributed by atoms with Crippen LogP contribution >= 0.6 is 0 Å². The molecular formula is C27H32N4O3. The Morgan fingerprint density at radius 1 is 1.06 bits per heavy atom. The lowest BCUT2D eigenvalue weighted by Gasteiger charge is -2.31. The molecule has 1 atom stereocenters. The van der Waals surface area contributed by atoms with E-state index in [-0.39, 0.29) is 18.0 Å². The molecule has 3 aliphatic rings. The number of benzene rings is 1. The summed E-state index contributed by atoms with van der Waals surface area (Å²) in [6.45, 7) is 1.88. The van der Waals surface area contributed by atoms with Crippen molar-refractivity contribution in [3.8, 4) is 0 Å². The summed E-state index contributed by atoms with van der Waals surface area (Å²) in [5.41, 5.74) is 5.29. The molecule has 178 valence electrons.